The van der Waals surface area contributed by atoms with Gasteiger partial charge in [-0.15, -0.1) is 10.2 Å². The molecule has 1 aliphatic carbocycles. The number of fused-ring (bicyclic) bond motifs is 1. The molecule has 5 rings (SSSR count). The monoisotopic (exact) mass is 469 g/mol. The number of hydrogen-bond acceptors (Lipinski definition) is 5. The van der Waals surface area contributed by atoms with Crippen LogP contribution in [0.25, 0.3) is 17.1 Å². The lowest BCUT2D eigenvalue weighted by atomic mass is 9.88. The van der Waals surface area contributed by atoms with Gasteiger partial charge in [-0.1, -0.05) is 42.1 Å². The summed E-state index contributed by atoms with van der Waals surface area (Å²) in [4.78, 5) is 17.0. The number of benzene rings is 2. The van der Waals surface area contributed by atoms with Crippen LogP contribution >= 0.6 is 11.8 Å². The van der Waals surface area contributed by atoms with E-state index in [1.807, 2.05) is 22.8 Å². The van der Waals surface area contributed by atoms with E-state index in [1.165, 1.54) is 34.0 Å². The highest BCUT2D eigenvalue weighted by Crippen LogP contribution is 2.31. The zero-order valence-electron chi connectivity index (χ0n) is 19.4. The third-order valence-corrected chi connectivity index (χ3v) is 7.29. The lowest BCUT2D eigenvalue weighted by Gasteiger charge is -2.26. The molecule has 0 aliphatic heterocycles. The van der Waals surface area contributed by atoms with E-state index in [0.717, 1.165) is 36.3 Å². The first-order chi connectivity index (χ1) is 16.6. The predicted octanol–water partition coefficient (Wildman–Crippen LogP) is 5.23. The Balaban J connectivity index is 1.38. The highest BCUT2D eigenvalue weighted by molar-refractivity contribution is 7.99. The maximum Gasteiger partial charge on any atom is 0.230 e. The van der Waals surface area contributed by atoms with Gasteiger partial charge < -0.3 is 5.32 Å². The Bertz CT molecular complexity index is 1320. The molecular formula is C27H27N5OS. The van der Waals surface area contributed by atoms with E-state index in [-0.39, 0.29) is 17.7 Å². The van der Waals surface area contributed by atoms with Crippen LogP contribution in [0.3, 0.4) is 0 Å². The molecule has 34 heavy (non-hydrogen) atoms. The van der Waals surface area contributed by atoms with E-state index in [0.29, 0.717) is 5.16 Å². The summed E-state index contributed by atoms with van der Waals surface area (Å²) in [6.07, 6.45) is 6.63. The smallest absolute Gasteiger partial charge is 0.230 e. The largest absolute Gasteiger partial charge is 0.349 e. The second-order valence-corrected chi connectivity index (χ2v) is 9.59. The topological polar surface area (TPSA) is 72.7 Å². The zero-order chi connectivity index (χ0) is 23.5. The highest BCUT2D eigenvalue weighted by Gasteiger charge is 2.22. The predicted molar refractivity (Wildman–Crippen MR) is 135 cm³/mol. The molecule has 0 radical (unpaired) electrons. The average Bonchev–Trinajstić information content (AvgIpc) is 3.29. The summed E-state index contributed by atoms with van der Waals surface area (Å²) >= 11 is 1.41. The number of thioether (sulfide) groups is 1. The van der Waals surface area contributed by atoms with E-state index < -0.39 is 0 Å². The number of amides is 1. The van der Waals surface area contributed by atoms with Gasteiger partial charge in [-0.2, -0.15) is 0 Å². The van der Waals surface area contributed by atoms with Crippen LogP contribution in [0.15, 0.2) is 72.1 Å². The Morgan fingerprint density at radius 1 is 1.06 bits per heavy atom. The lowest BCUT2D eigenvalue weighted by Crippen LogP contribution is -2.32. The number of aryl methyl sites for hydroxylation is 3. The molecule has 1 aliphatic rings. The molecule has 2 heterocycles. The molecule has 1 atom stereocenters. The highest BCUT2D eigenvalue weighted by atomic mass is 32.2. The SMILES string of the molecule is Cc1ccc(-n2c(SCC(=O)NC3CCCc4ccccc43)nnc2-c2ccncc2)cc1C. The van der Waals surface area contributed by atoms with E-state index in [1.54, 1.807) is 12.4 Å². The van der Waals surface area contributed by atoms with Crippen molar-refractivity contribution in [3.05, 3.63) is 89.2 Å². The van der Waals surface area contributed by atoms with Crippen molar-refractivity contribution in [2.75, 3.05) is 5.75 Å². The Morgan fingerprint density at radius 2 is 1.88 bits per heavy atom. The average molecular weight is 470 g/mol. The van der Waals surface area contributed by atoms with Crippen LogP contribution in [-0.4, -0.2) is 31.4 Å². The Morgan fingerprint density at radius 3 is 2.71 bits per heavy atom. The van der Waals surface area contributed by atoms with Crippen LogP contribution in [0, 0.1) is 13.8 Å². The number of rotatable bonds is 6. The fraction of sp³-hybridized carbons (Fsp3) is 0.259. The molecule has 0 saturated carbocycles. The van der Waals surface area contributed by atoms with Gasteiger partial charge in [-0.25, -0.2) is 0 Å². The lowest BCUT2D eigenvalue weighted by molar-refractivity contribution is -0.119. The van der Waals surface area contributed by atoms with E-state index >= 15 is 0 Å². The molecule has 1 unspecified atom stereocenters. The van der Waals surface area contributed by atoms with Crippen molar-refractivity contribution in [1.29, 1.82) is 0 Å². The van der Waals surface area contributed by atoms with Crippen LogP contribution in [0.2, 0.25) is 0 Å². The number of aromatic nitrogens is 4. The fourth-order valence-electron chi connectivity index (χ4n) is 4.42. The molecule has 0 saturated heterocycles. The molecule has 172 valence electrons. The van der Waals surface area contributed by atoms with Crippen LogP contribution in [0.1, 0.15) is 41.1 Å². The molecule has 2 aromatic heterocycles. The van der Waals surface area contributed by atoms with Crippen molar-refractivity contribution in [2.24, 2.45) is 0 Å². The Kier molecular flexibility index (Phi) is 6.45. The normalized spacial score (nSPS) is 15.1. The minimum atomic E-state index is 0.00630. The van der Waals surface area contributed by atoms with Crippen molar-refractivity contribution >= 4 is 17.7 Å². The number of carbonyl (C=O) groups is 1. The van der Waals surface area contributed by atoms with Gasteiger partial charge >= 0.3 is 0 Å². The molecule has 2 aromatic carbocycles. The minimum absolute atomic E-state index is 0.00630. The van der Waals surface area contributed by atoms with E-state index in [9.17, 15) is 4.79 Å². The van der Waals surface area contributed by atoms with E-state index in [2.05, 4.69) is 70.7 Å². The molecule has 0 bridgehead atoms. The maximum absolute atomic E-state index is 12.9. The third-order valence-electron chi connectivity index (χ3n) is 6.36. The first-order valence-corrected chi connectivity index (χ1v) is 12.5. The van der Waals surface area contributed by atoms with Crippen LogP contribution in [-0.2, 0) is 11.2 Å². The molecular weight excluding hydrogens is 442 g/mol. The summed E-state index contributed by atoms with van der Waals surface area (Å²) in [5.41, 5.74) is 6.90. The van der Waals surface area contributed by atoms with Gasteiger partial charge in [0.05, 0.1) is 17.5 Å². The van der Waals surface area contributed by atoms with Gasteiger partial charge in [0.25, 0.3) is 0 Å². The molecule has 4 aromatic rings. The van der Waals surface area contributed by atoms with Crippen molar-refractivity contribution < 1.29 is 4.79 Å². The zero-order valence-corrected chi connectivity index (χ0v) is 20.2. The van der Waals surface area contributed by atoms with Crippen LogP contribution in [0.5, 0.6) is 0 Å². The quantitative estimate of drug-likeness (QED) is 0.391. The maximum atomic E-state index is 12.9. The third kappa shape index (κ3) is 4.61. The summed E-state index contributed by atoms with van der Waals surface area (Å²) in [6.45, 7) is 4.19. The number of pyridine rings is 1. The Labute approximate surface area is 203 Å². The second-order valence-electron chi connectivity index (χ2n) is 8.65. The number of carbonyl (C=O) groups excluding carboxylic acids is 1. The first-order valence-electron chi connectivity index (χ1n) is 11.5. The molecule has 0 fully saturated rings. The standard InChI is InChI=1S/C27H27N5OS/c1-18-10-11-22(16-19(18)2)32-26(21-12-14-28-15-13-21)30-31-27(32)34-17-25(33)29-24-9-5-7-20-6-3-4-8-23(20)24/h3-4,6,8,10-16,24H,5,7,9,17H2,1-2H3,(H,29,33). The number of hydrogen-bond donors (Lipinski definition) is 1. The van der Waals surface area contributed by atoms with Gasteiger partial charge in [0.2, 0.25) is 5.91 Å². The van der Waals surface area contributed by atoms with E-state index in [4.69, 9.17) is 0 Å². The minimum Gasteiger partial charge on any atom is -0.349 e. The molecule has 1 amide bonds. The molecule has 0 spiro atoms. The number of nitrogens with one attached hydrogen (secondary N) is 1. The van der Waals surface area contributed by atoms with Gasteiger partial charge in [0.15, 0.2) is 11.0 Å². The van der Waals surface area contributed by atoms with Gasteiger partial charge in [-0.05, 0) is 79.6 Å². The van der Waals surface area contributed by atoms with Gasteiger partial charge in [-0.3, -0.25) is 14.3 Å². The summed E-state index contributed by atoms with van der Waals surface area (Å²) < 4.78 is 2.02. The summed E-state index contributed by atoms with van der Waals surface area (Å²) in [6, 6.07) is 18.6. The summed E-state index contributed by atoms with van der Waals surface area (Å²) in [7, 11) is 0. The van der Waals surface area contributed by atoms with Crippen molar-refractivity contribution in [2.45, 2.75) is 44.3 Å². The fourth-order valence-corrected chi connectivity index (χ4v) is 5.18. The Hall–Kier alpha value is -3.45. The van der Waals surface area contributed by atoms with Crippen molar-refractivity contribution in [1.82, 2.24) is 25.1 Å². The van der Waals surface area contributed by atoms with Gasteiger partial charge in [0, 0.05) is 18.0 Å². The summed E-state index contributed by atoms with van der Waals surface area (Å²) in [5, 5.41) is 12.8. The molecule has 1 N–H and O–H groups in total. The van der Waals surface area contributed by atoms with Crippen molar-refractivity contribution in [3.8, 4) is 17.1 Å². The van der Waals surface area contributed by atoms with Crippen LogP contribution < -0.4 is 5.32 Å². The molecule has 6 nitrogen and oxygen atoms in total. The number of nitrogens with zero attached hydrogens (tertiary/aromatic N) is 4. The first kappa shape index (κ1) is 22.3. The molecule has 7 heteroatoms. The summed E-state index contributed by atoms with van der Waals surface area (Å²) in [5.74, 6) is 1.01. The van der Waals surface area contributed by atoms with Crippen molar-refractivity contribution in [3.63, 3.8) is 0 Å². The van der Waals surface area contributed by atoms with Gasteiger partial charge in [0.1, 0.15) is 0 Å². The van der Waals surface area contributed by atoms with Crippen LogP contribution in [0.4, 0.5) is 0 Å². The second kappa shape index (κ2) is 9.81.